The second kappa shape index (κ2) is 12.7. The van der Waals surface area contributed by atoms with Crippen LogP contribution in [0.15, 0.2) is 36.4 Å². The third-order valence-corrected chi connectivity index (χ3v) is 6.53. The van der Waals surface area contributed by atoms with Crippen LogP contribution in [-0.2, 0) is 25.2 Å². The zero-order valence-corrected chi connectivity index (χ0v) is 26.0. The number of nitrogens with one attached hydrogen (secondary N) is 1. The van der Waals surface area contributed by atoms with Gasteiger partial charge in [-0.15, -0.1) is 0 Å². The van der Waals surface area contributed by atoms with Gasteiger partial charge in [0.25, 0.3) is 5.91 Å². The topological polar surface area (TPSA) is 114 Å². The molecule has 1 saturated heterocycles. The van der Waals surface area contributed by atoms with Crippen LogP contribution in [0.3, 0.4) is 0 Å². The van der Waals surface area contributed by atoms with Crippen molar-refractivity contribution in [2.75, 3.05) is 32.1 Å². The minimum Gasteiger partial charge on any atom is -0.467 e. The fourth-order valence-corrected chi connectivity index (χ4v) is 4.53. The number of rotatable bonds is 4. The third-order valence-electron chi connectivity index (χ3n) is 6.53. The molecule has 0 saturated carbocycles. The van der Waals surface area contributed by atoms with E-state index in [4.69, 9.17) is 14.2 Å². The Hall–Kier alpha value is -4.29. The lowest BCUT2D eigenvalue weighted by Gasteiger charge is -2.40. The summed E-state index contributed by atoms with van der Waals surface area (Å²) < 4.78 is 56.3. The first-order valence-electron chi connectivity index (χ1n) is 13.9. The van der Waals surface area contributed by atoms with Crippen LogP contribution in [-0.4, -0.2) is 77.9 Å². The Morgan fingerprint density at radius 3 is 2.09 bits per heavy atom. The molecular weight excluding hydrogens is 583 g/mol. The number of esters is 1. The molecule has 1 aliphatic heterocycles. The summed E-state index contributed by atoms with van der Waals surface area (Å²) in [4.78, 5) is 54.9. The maximum absolute atomic E-state index is 14.1. The van der Waals surface area contributed by atoms with Crippen molar-refractivity contribution in [1.82, 2.24) is 9.80 Å². The summed E-state index contributed by atoms with van der Waals surface area (Å²) in [7, 11) is 1.14. The molecule has 1 N–H and O–H groups in total. The molecule has 0 radical (unpaired) electrons. The Bertz CT molecular complexity index is 1430. The van der Waals surface area contributed by atoms with E-state index in [1.165, 1.54) is 34.1 Å². The lowest BCUT2D eigenvalue weighted by Crippen LogP contribution is -2.60. The van der Waals surface area contributed by atoms with Gasteiger partial charge in [-0.3, -0.25) is 10.1 Å². The number of piperazine rings is 1. The van der Waals surface area contributed by atoms with Crippen molar-refractivity contribution in [2.45, 2.75) is 71.9 Å². The van der Waals surface area contributed by atoms with Crippen LogP contribution >= 0.6 is 0 Å². The van der Waals surface area contributed by atoms with E-state index in [1.54, 1.807) is 48.5 Å². The molecule has 0 aromatic heterocycles. The molecule has 0 bridgehead atoms. The van der Waals surface area contributed by atoms with E-state index in [0.717, 1.165) is 19.2 Å². The Balaban J connectivity index is 2.08. The van der Waals surface area contributed by atoms with Crippen LogP contribution < -0.4 is 5.32 Å². The fraction of sp³-hybridized carbons (Fsp3) is 0.484. The Morgan fingerprint density at radius 2 is 1.52 bits per heavy atom. The maximum atomic E-state index is 14.1. The quantitative estimate of drug-likeness (QED) is 0.317. The number of amides is 3. The van der Waals surface area contributed by atoms with E-state index >= 15 is 0 Å². The van der Waals surface area contributed by atoms with Gasteiger partial charge in [-0.25, -0.2) is 14.4 Å². The summed E-state index contributed by atoms with van der Waals surface area (Å²) in [5.41, 5.74) is -1.62. The van der Waals surface area contributed by atoms with E-state index in [9.17, 15) is 32.3 Å². The first-order valence-corrected chi connectivity index (χ1v) is 13.9. The molecule has 1 fully saturated rings. The number of methoxy groups -OCH3 is 1. The lowest BCUT2D eigenvalue weighted by molar-refractivity contribution is -0.148. The van der Waals surface area contributed by atoms with Crippen molar-refractivity contribution in [3.05, 3.63) is 53.1 Å². The summed E-state index contributed by atoms with van der Waals surface area (Å²) in [6.45, 7) is 11.4. The van der Waals surface area contributed by atoms with Crippen LogP contribution in [0.25, 0.3) is 11.1 Å². The van der Waals surface area contributed by atoms with E-state index in [1.807, 2.05) is 0 Å². The molecule has 2 aromatic rings. The van der Waals surface area contributed by atoms with Gasteiger partial charge in [0.15, 0.2) is 0 Å². The number of alkyl halides is 3. The number of nitrogens with zero attached hydrogens (tertiary/aromatic N) is 2. The Kier molecular flexibility index (Phi) is 9.91. The first-order chi connectivity index (χ1) is 20.2. The van der Waals surface area contributed by atoms with Gasteiger partial charge in [-0.2, -0.15) is 13.2 Å². The molecule has 1 atom stereocenters. The smallest absolute Gasteiger partial charge is 0.416 e. The van der Waals surface area contributed by atoms with Gasteiger partial charge >= 0.3 is 24.3 Å². The van der Waals surface area contributed by atoms with Gasteiger partial charge in [0, 0.05) is 13.1 Å². The maximum Gasteiger partial charge on any atom is 0.416 e. The molecule has 0 unspecified atom stereocenters. The predicted octanol–water partition coefficient (Wildman–Crippen LogP) is 6.26. The van der Waals surface area contributed by atoms with Crippen LogP contribution in [0.2, 0.25) is 0 Å². The van der Waals surface area contributed by atoms with Gasteiger partial charge in [0.1, 0.15) is 17.2 Å². The second-order valence-electron chi connectivity index (χ2n) is 12.4. The van der Waals surface area contributed by atoms with Crippen molar-refractivity contribution in [3.8, 4) is 11.1 Å². The van der Waals surface area contributed by atoms with Gasteiger partial charge in [-0.05, 0) is 89.4 Å². The van der Waals surface area contributed by atoms with Gasteiger partial charge in [0.2, 0.25) is 0 Å². The highest BCUT2D eigenvalue weighted by Gasteiger charge is 2.40. The molecule has 1 heterocycles. The number of carbonyl (C=O) groups is 4. The first kappa shape index (κ1) is 34.2. The molecule has 10 nitrogen and oxygen atoms in total. The van der Waals surface area contributed by atoms with Crippen LogP contribution in [0.5, 0.6) is 0 Å². The molecule has 0 aliphatic carbocycles. The van der Waals surface area contributed by atoms with Crippen molar-refractivity contribution in [2.24, 2.45) is 0 Å². The minimum absolute atomic E-state index is 0.0100. The number of aryl methyl sites for hydroxylation is 1. The van der Waals surface area contributed by atoms with Crippen molar-refractivity contribution in [1.29, 1.82) is 0 Å². The summed E-state index contributed by atoms with van der Waals surface area (Å²) in [5.74, 6) is -1.51. The number of carbonyl (C=O) groups excluding carboxylic acids is 4. The standard InChI is InChI=1S/C31H38F3N3O7/c1-18-9-11-20(31(32,33)34)16-21(18)19-10-12-23(35-27(40)43-29(2,3)4)22(15-19)25(38)37-14-13-36(17-24(37)26(39)42-8)28(41)44-30(5,6)7/h9-12,15-16,24H,13-14,17H2,1-8H3,(H,35,40)/t24-/m0/s1. The average Bonchev–Trinajstić information content (AvgIpc) is 2.89. The van der Waals surface area contributed by atoms with E-state index in [2.05, 4.69) is 5.32 Å². The molecule has 3 amide bonds. The normalized spacial score (nSPS) is 15.8. The number of hydrogen-bond acceptors (Lipinski definition) is 7. The number of hydrogen-bond donors (Lipinski definition) is 1. The predicted molar refractivity (Wildman–Crippen MR) is 156 cm³/mol. The van der Waals surface area contributed by atoms with Crippen LogP contribution in [0.1, 0.15) is 63.0 Å². The largest absolute Gasteiger partial charge is 0.467 e. The Morgan fingerprint density at radius 1 is 0.886 bits per heavy atom. The second-order valence-corrected chi connectivity index (χ2v) is 12.4. The van der Waals surface area contributed by atoms with Crippen molar-refractivity contribution in [3.63, 3.8) is 0 Å². The van der Waals surface area contributed by atoms with E-state index < -0.39 is 53.0 Å². The highest BCUT2D eigenvalue weighted by molar-refractivity contribution is 6.05. The Labute approximate surface area is 254 Å². The summed E-state index contributed by atoms with van der Waals surface area (Å²) >= 11 is 0. The van der Waals surface area contributed by atoms with E-state index in [0.29, 0.717) is 5.56 Å². The number of benzene rings is 2. The van der Waals surface area contributed by atoms with Crippen LogP contribution in [0, 0.1) is 6.92 Å². The zero-order chi connectivity index (χ0) is 33.2. The van der Waals surface area contributed by atoms with Crippen molar-refractivity contribution >= 4 is 29.8 Å². The highest BCUT2D eigenvalue weighted by Crippen LogP contribution is 2.35. The molecular formula is C31H38F3N3O7. The number of anilines is 1. The number of halogens is 3. The van der Waals surface area contributed by atoms with E-state index in [-0.39, 0.29) is 42.0 Å². The van der Waals surface area contributed by atoms with Crippen LogP contribution in [0.4, 0.5) is 28.4 Å². The molecule has 240 valence electrons. The minimum atomic E-state index is -4.60. The molecule has 44 heavy (non-hydrogen) atoms. The van der Waals surface area contributed by atoms with Crippen molar-refractivity contribution < 1.29 is 46.6 Å². The zero-order valence-electron chi connectivity index (χ0n) is 26.0. The third kappa shape index (κ3) is 8.64. The number of ether oxygens (including phenoxy) is 3. The highest BCUT2D eigenvalue weighted by atomic mass is 19.4. The van der Waals surface area contributed by atoms with Gasteiger partial charge in [0.05, 0.1) is 30.5 Å². The molecule has 3 rings (SSSR count). The van der Waals surface area contributed by atoms with Gasteiger partial charge in [-0.1, -0.05) is 12.1 Å². The molecule has 2 aromatic carbocycles. The lowest BCUT2D eigenvalue weighted by atomic mass is 9.95. The monoisotopic (exact) mass is 621 g/mol. The summed E-state index contributed by atoms with van der Waals surface area (Å²) in [6.07, 6.45) is -6.14. The molecule has 0 spiro atoms. The molecule has 13 heteroatoms. The van der Waals surface area contributed by atoms with Gasteiger partial charge < -0.3 is 24.0 Å². The average molecular weight is 622 g/mol. The summed E-state index contributed by atoms with van der Waals surface area (Å²) in [5, 5.41) is 2.54. The molecule has 1 aliphatic rings. The summed E-state index contributed by atoms with van der Waals surface area (Å²) in [6, 6.07) is 6.26. The fourth-order valence-electron chi connectivity index (χ4n) is 4.53. The SMILES string of the molecule is COC(=O)[C@@H]1CN(C(=O)OC(C)(C)C)CCN1C(=O)c1cc(-c2cc(C(F)(F)F)ccc2C)ccc1NC(=O)OC(C)(C)C.